The van der Waals surface area contributed by atoms with E-state index in [1.165, 1.54) is 38.5 Å². The van der Waals surface area contributed by atoms with E-state index < -0.39 is 0 Å². The largest absolute Gasteiger partial charge is 0.330 e. The SMILES string of the molecule is CCCCn1c(=O)[nH]c(=O)c2c1nc(CN(C1CCC(C)CC1)C1CC1)n2C. The van der Waals surface area contributed by atoms with E-state index in [1.54, 1.807) is 4.57 Å². The summed E-state index contributed by atoms with van der Waals surface area (Å²) in [4.78, 5) is 34.7. The molecule has 0 unspecified atom stereocenters. The van der Waals surface area contributed by atoms with Gasteiger partial charge in [-0.05, 0) is 50.9 Å². The van der Waals surface area contributed by atoms with Gasteiger partial charge in [-0.15, -0.1) is 0 Å². The topological polar surface area (TPSA) is 75.9 Å². The molecule has 2 fully saturated rings. The summed E-state index contributed by atoms with van der Waals surface area (Å²) in [5, 5.41) is 0. The van der Waals surface area contributed by atoms with E-state index in [9.17, 15) is 9.59 Å². The second kappa shape index (κ2) is 7.85. The van der Waals surface area contributed by atoms with Crippen LogP contribution in [0.25, 0.3) is 11.2 Å². The fourth-order valence-electron chi connectivity index (χ4n) is 4.66. The number of fused-ring (bicyclic) bond motifs is 1. The zero-order chi connectivity index (χ0) is 19.8. The molecule has 7 nitrogen and oxygen atoms in total. The number of rotatable bonds is 7. The third kappa shape index (κ3) is 3.69. The summed E-state index contributed by atoms with van der Waals surface area (Å²) < 4.78 is 3.53. The predicted molar refractivity (Wildman–Crippen MR) is 110 cm³/mol. The highest BCUT2D eigenvalue weighted by atomic mass is 16.2. The number of hydrogen-bond acceptors (Lipinski definition) is 4. The van der Waals surface area contributed by atoms with Crippen molar-refractivity contribution in [3.63, 3.8) is 0 Å². The van der Waals surface area contributed by atoms with Gasteiger partial charge in [0.05, 0.1) is 6.54 Å². The van der Waals surface area contributed by atoms with Crippen LogP contribution < -0.4 is 11.2 Å². The first-order chi connectivity index (χ1) is 13.5. The lowest BCUT2D eigenvalue weighted by Crippen LogP contribution is -2.39. The van der Waals surface area contributed by atoms with Crippen LogP contribution in [0.5, 0.6) is 0 Å². The van der Waals surface area contributed by atoms with E-state index in [2.05, 4.69) is 23.7 Å². The molecule has 7 heteroatoms. The van der Waals surface area contributed by atoms with Gasteiger partial charge in [-0.1, -0.05) is 20.3 Å². The molecule has 154 valence electrons. The minimum atomic E-state index is -0.351. The lowest BCUT2D eigenvalue weighted by molar-refractivity contribution is 0.120. The molecule has 2 aromatic heterocycles. The van der Waals surface area contributed by atoms with Crippen molar-refractivity contribution in [2.75, 3.05) is 0 Å². The molecule has 0 aliphatic heterocycles. The van der Waals surface area contributed by atoms with Crippen molar-refractivity contribution in [2.45, 2.75) is 90.4 Å². The third-order valence-corrected chi connectivity index (χ3v) is 6.64. The number of aromatic nitrogens is 4. The van der Waals surface area contributed by atoms with Gasteiger partial charge in [0.25, 0.3) is 5.56 Å². The molecule has 2 saturated carbocycles. The Labute approximate surface area is 165 Å². The van der Waals surface area contributed by atoms with Gasteiger partial charge < -0.3 is 4.57 Å². The van der Waals surface area contributed by atoms with Gasteiger partial charge in [0, 0.05) is 25.7 Å². The van der Waals surface area contributed by atoms with Gasteiger partial charge >= 0.3 is 5.69 Å². The first kappa shape index (κ1) is 19.4. The average molecular weight is 388 g/mol. The highest BCUT2D eigenvalue weighted by Crippen LogP contribution is 2.36. The summed E-state index contributed by atoms with van der Waals surface area (Å²) in [7, 11) is 1.91. The molecule has 0 radical (unpaired) electrons. The second-order valence-corrected chi connectivity index (χ2v) is 8.84. The maximum absolute atomic E-state index is 12.5. The van der Waals surface area contributed by atoms with E-state index in [4.69, 9.17) is 4.98 Å². The Balaban J connectivity index is 1.68. The van der Waals surface area contributed by atoms with E-state index in [0.717, 1.165) is 31.1 Å². The Hall–Kier alpha value is -1.89. The smallest absolute Gasteiger partial charge is 0.324 e. The van der Waals surface area contributed by atoms with Gasteiger partial charge in [0.2, 0.25) is 0 Å². The lowest BCUT2D eigenvalue weighted by atomic mass is 9.86. The van der Waals surface area contributed by atoms with Crippen molar-refractivity contribution in [2.24, 2.45) is 13.0 Å². The van der Waals surface area contributed by atoms with Crippen molar-refractivity contribution in [1.29, 1.82) is 0 Å². The molecule has 2 aliphatic carbocycles. The van der Waals surface area contributed by atoms with E-state index >= 15 is 0 Å². The number of unbranched alkanes of at least 4 members (excludes halogenated alkanes) is 1. The van der Waals surface area contributed by atoms with Crippen molar-refractivity contribution in [3.05, 3.63) is 26.7 Å². The summed E-state index contributed by atoms with van der Waals surface area (Å²) >= 11 is 0. The molecule has 0 amide bonds. The van der Waals surface area contributed by atoms with Crippen molar-refractivity contribution in [3.8, 4) is 0 Å². The maximum atomic E-state index is 12.5. The Kier molecular flexibility index (Phi) is 5.45. The van der Waals surface area contributed by atoms with Crippen LogP contribution in [-0.4, -0.2) is 36.1 Å². The van der Waals surface area contributed by atoms with Gasteiger partial charge in [0.15, 0.2) is 11.2 Å². The first-order valence-electron chi connectivity index (χ1n) is 10.9. The number of hydrogen-bond donors (Lipinski definition) is 1. The maximum Gasteiger partial charge on any atom is 0.330 e. The van der Waals surface area contributed by atoms with Crippen molar-refractivity contribution in [1.82, 2.24) is 24.0 Å². The van der Waals surface area contributed by atoms with Crippen LogP contribution in [0.15, 0.2) is 9.59 Å². The van der Waals surface area contributed by atoms with Crippen LogP contribution >= 0.6 is 0 Å². The van der Waals surface area contributed by atoms with Crippen LogP contribution in [-0.2, 0) is 20.1 Å². The molecule has 0 bridgehead atoms. The summed E-state index contributed by atoms with van der Waals surface area (Å²) in [6, 6.07) is 1.27. The van der Waals surface area contributed by atoms with Gasteiger partial charge in [0.1, 0.15) is 5.82 Å². The summed E-state index contributed by atoms with van der Waals surface area (Å²) in [6.45, 7) is 5.80. The van der Waals surface area contributed by atoms with Crippen LogP contribution in [0.4, 0.5) is 0 Å². The molecule has 2 aliphatic rings. The Morgan fingerprint density at radius 3 is 2.36 bits per heavy atom. The van der Waals surface area contributed by atoms with Gasteiger partial charge in [-0.3, -0.25) is 19.2 Å². The summed E-state index contributed by atoms with van der Waals surface area (Å²) in [5.74, 6) is 1.72. The monoisotopic (exact) mass is 387 g/mol. The zero-order valence-corrected chi connectivity index (χ0v) is 17.4. The highest BCUT2D eigenvalue weighted by molar-refractivity contribution is 5.70. The Morgan fingerprint density at radius 2 is 1.75 bits per heavy atom. The number of imidazole rings is 1. The first-order valence-corrected chi connectivity index (χ1v) is 10.9. The molecule has 1 N–H and O–H groups in total. The lowest BCUT2D eigenvalue weighted by Gasteiger charge is -2.36. The van der Waals surface area contributed by atoms with Crippen LogP contribution in [0.3, 0.4) is 0 Å². The van der Waals surface area contributed by atoms with E-state index in [1.807, 2.05) is 11.6 Å². The number of aromatic amines is 1. The molecule has 0 saturated heterocycles. The van der Waals surface area contributed by atoms with Crippen LogP contribution in [0.2, 0.25) is 0 Å². The van der Waals surface area contributed by atoms with E-state index in [0.29, 0.717) is 29.8 Å². The predicted octanol–water partition coefficient (Wildman–Crippen LogP) is 2.77. The van der Waals surface area contributed by atoms with Gasteiger partial charge in [-0.25, -0.2) is 9.78 Å². The van der Waals surface area contributed by atoms with Crippen molar-refractivity contribution >= 4 is 11.2 Å². The minimum Gasteiger partial charge on any atom is -0.324 e. The number of nitrogens with zero attached hydrogens (tertiary/aromatic N) is 4. The molecular formula is C21H33N5O2. The van der Waals surface area contributed by atoms with Gasteiger partial charge in [-0.2, -0.15) is 0 Å². The molecule has 2 heterocycles. The van der Waals surface area contributed by atoms with Crippen molar-refractivity contribution < 1.29 is 0 Å². The molecule has 0 spiro atoms. The fraction of sp³-hybridized carbons (Fsp3) is 0.762. The second-order valence-electron chi connectivity index (χ2n) is 8.84. The number of nitrogens with one attached hydrogen (secondary N) is 1. The molecule has 28 heavy (non-hydrogen) atoms. The Bertz CT molecular complexity index is 944. The zero-order valence-electron chi connectivity index (χ0n) is 17.4. The number of aryl methyl sites for hydroxylation is 2. The van der Waals surface area contributed by atoms with Crippen LogP contribution in [0.1, 0.15) is 71.0 Å². The average Bonchev–Trinajstić information content (AvgIpc) is 3.45. The summed E-state index contributed by atoms with van der Waals surface area (Å²) in [6.07, 6.45) is 9.51. The highest BCUT2D eigenvalue weighted by Gasteiger charge is 2.36. The molecular weight excluding hydrogens is 354 g/mol. The Morgan fingerprint density at radius 1 is 1.11 bits per heavy atom. The quantitative estimate of drug-likeness (QED) is 0.793. The molecule has 0 aromatic carbocycles. The molecule has 2 aromatic rings. The normalized spacial score (nSPS) is 23.0. The summed E-state index contributed by atoms with van der Waals surface area (Å²) in [5.41, 5.74) is 0.362. The number of H-pyrrole nitrogens is 1. The standard InChI is InChI=1S/C21H33N5O2/c1-4-5-12-25-19-18(20(27)23-21(25)28)24(3)17(22-19)13-26(16-10-11-16)15-8-6-14(2)7-9-15/h14-16H,4-13H2,1-3H3,(H,23,27,28). The molecule has 4 rings (SSSR count). The van der Waals surface area contributed by atoms with Crippen LogP contribution in [0, 0.1) is 5.92 Å². The van der Waals surface area contributed by atoms with E-state index in [-0.39, 0.29) is 11.2 Å². The molecule has 0 atom stereocenters. The minimum absolute atomic E-state index is 0.335. The fourth-order valence-corrected chi connectivity index (χ4v) is 4.66. The third-order valence-electron chi connectivity index (χ3n) is 6.64.